The number of ketones is 2. The maximum absolute atomic E-state index is 13.0. The van der Waals surface area contributed by atoms with Crippen molar-refractivity contribution in [3.05, 3.63) is 130 Å². The van der Waals surface area contributed by atoms with E-state index in [2.05, 4.69) is 13.8 Å². The second-order valence-corrected chi connectivity index (χ2v) is 16.0. The van der Waals surface area contributed by atoms with Crippen molar-refractivity contribution in [1.82, 2.24) is 0 Å². The predicted octanol–water partition coefficient (Wildman–Crippen LogP) is 10.7. The number of hydrogen-bond donors (Lipinski definition) is 1. The molecule has 0 heterocycles. The van der Waals surface area contributed by atoms with E-state index in [9.17, 15) is 24.0 Å². The fourth-order valence-electron chi connectivity index (χ4n) is 6.61. The molecule has 8 nitrogen and oxygen atoms in total. The Morgan fingerprint density at radius 1 is 0.607 bits per heavy atom. The second-order valence-electron chi connectivity index (χ2n) is 16.0. The van der Waals surface area contributed by atoms with Crippen molar-refractivity contribution in [1.29, 1.82) is 0 Å². The van der Waals surface area contributed by atoms with E-state index in [0.717, 1.165) is 33.4 Å². The quantitative estimate of drug-likeness (QED) is 0.115. The third-order valence-corrected chi connectivity index (χ3v) is 9.82. The molecule has 0 saturated heterocycles. The molecule has 8 heteroatoms. The smallest absolute Gasteiger partial charge is 0.307 e. The lowest BCUT2D eigenvalue weighted by molar-refractivity contribution is -0.157. The molecule has 0 aromatic carbocycles. The lowest BCUT2D eigenvalue weighted by Crippen LogP contribution is -2.39. The van der Waals surface area contributed by atoms with E-state index in [-0.39, 0.29) is 35.8 Å². The second kappa shape index (κ2) is 21.8. The molecule has 0 spiro atoms. The van der Waals surface area contributed by atoms with Crippen LogP contribution in [0.4, 0.5) is 0 Å². The van der Waals surface area contributed by atoms with E-state index >= 15 is 0 Å². The highest BCUT2D eigenvalue weighted by Gasteiger charge is 2.41. The maximum Gasteiger partial charge on any atom is 0.307 e. The van der Waals surface area contributed by atoms with Gasteiger partial charge in [0.1, 0.15) is 0 Å². The Kier molecular flexibility index (Phi) is 18.3. The zero-order chi connectivity index (χ0) is 42.2. The van der Waals surface area contributed by atoms with Crippen molar-refractivity contribution in [2.45, 2.75) is 127 Å². The van der Waals surface area contributed by atoms with Crippen LogP contribution in [0.5, 0.6) is 0 Å². The zero-order valence-corrected chi connectivity index (χ0v) is 35.3. The van der Waals surface area contributed by atoms with Crippen LogP contribution in [0.2, 0.25) is 0 Å². The highest BCUT2D eigenvalue weighted by molar-refractivity contribution is 6.02. The van der Waals surface area contributed by atoms with Crippen LogP contribution in [0.1, 0.15) is 115 Å². The van der Waals surface area contributed by atoms with Crippen LogP contribution in [0.25, 0.3) is 0 Å². The van der Waals surface area contributed by atoms with Crippen LogP contribution >= 0.6 is 0 Å². The fourth-order valence-corrected chi connectivity index (χ4v) is 6.61. The number of Topliss-reactive ketones (excluding diaryl/α,β-unsaturated/α-hetero) is 2. The Morgan fingerprint density at radius 2 is 0.964 bits per heavy atom. The van der Waals surface area contributed by atoms with Gasteiger partial charge in [-0.3, -0.25) is 24.0 Å². The van der Waals surface area contributed by atoms with Gasteiger partial charge in [0.2, 0.25) is 0 Å². The van der Waals surface area contributed by atoms with Crippen molar-refractivity contribution in [3.8, 4) is 0 Å². The average Bonchev–Trinajstić information content (AvgIpc) is 3.10. The number of carbonyl (C=O) groups excluding carboxylic acids is 4. The third kappa shape index (κ3) is 15.2. The molecular formula is C48H62O8. The van der Waals surface area contributed by atoms with Crippen molar-refractivity contribution < 1.29 is 38.6 Å². The number of esters is 2. The summed E-state index contributed by atoms with van der Waals surface area (Å²) in [5.74, 6) is -2.46. The SMILES string of the molecule is CCCC(=O)OC1CC(C)(C)C(/C=C/C(C)=C/C=C/C(C)=C/C=C/C=C(C)/C=C/C=C(C)/C=C/C2=C(C)C(=O)C(OC(=O)CCC(=O)O)CC2(C)C)=C(C)C1=O. The van der Waals surface area contributed by atoms with Gasteiger partial charge in [0.25, 0.3) is 0 Å². The summed E-state index contributed by atoms with van der Waals surface area (Å²) in [5.41, 5.74) is 6.50. The number of rotatable bonds is 17. The molecule has 0 aromatic rings. The lowest BCUT2D eigenvalue weighted by atomic mass is 9.71. The molecule has 2 rings (SSSR count). The zero-order valence-electron chi connectivity index (χ0n) is 35.3. The minimum atomic E-state index is -1.09. The first kappa shape index (κ1) is 47.0. The number of carboxylic acids is 1. The predicted molar refractivity (Wildman–Crippen MR) is 224 cm³/mol. The summed E-state index contributed by atoms with van der Waals surface area (Å²) in [4.78, 5) is 60.8. The number of carboxylic acid groups (broad SMARTS) is 1. The van der Waals surface area contributed by atoms with Gasteiger partial charge in [-0.05, 0) is 81.1 Å². The Labute approximate surface area is 334 Å². The number of aliphatic carboxylic acids is 1. The van der Waals surface area contributed by atoms with Gasteiger partial charge in [-0.15, -0.1) is 0 Å². The lowest BCUT2D eigenvalue weighted by Gasteiger charge is -2.36. The molecule has 56 heavy (non-hydrogen) atoms. The van der Waals surface area contributed by atoms with Crippen molar-refractivity contribution in [2.75, 3.05) is 0 Å². The summed E-state index contributed by atoms with van der Waals surface area (Å²) in [5, 5.41) is 8.81. The van der Waals surface area contributed by atoms with Crippen molar-refractivity contribution in [2.24, 2.45) is 10.8 Å². The Balaban J connectivity index is 1.98. The van der Waals surface area contributed by atoms with Crippen LogP contribution in [0.15, 0.2) is 130 Å². The molecule has 1 N–H and O–H groups in total. The van der Waals surface area contributed by atoms with Crippen LogP contribution in [0, 0.1) is 10.8 Å². The van der Waals surface area contributed by atoms with Gasteiger partial charge in [0.05, 0.1) is 12.8 Å². The maximum atomic E-state index is 13.0. The largest absolute Gasteiger partial charge is 0.481 e. The number of ether oxygens (including phenoxy) is 2. The van der Waals surface area contributed by atoms with E-state index in [0.29, 0.717) is 36.8 Å². The Bertz CT molecular complexity index is 1860. The molecule has 302 valence electrons. The van der Waals surface area contributed by atoms with Gasteiger partial charge in [0, 0.05) is 19.3 Å². The van der Waals surface area contributed by atoms with E-state index < -0.39 is 29.6 Å². The molecule has 0 saturated carbocycles. The number of allylic oxidation sites excluding steroid dienone is 20. The van der Waals surface area contributed by atoms with Gasteiger partial charge in [-0.25, -0.2) is 0 Å². The minimum absolute atomic E-state index is 0.119. The van der Waals surface area contributed by atoms with E-state index in [4.69, 9.17) is 14.6 Å². The first-order chi connectivity index (χ1) is 26.2. The molecule has 0 fully saturated rings. The molecule has 0 radical (unpaired) electrons. The summed E-state index contributed by atoms with van der Waals surface area (Å²) < 4.78 is 10.9. The third-order valence-electron chi connectivity index (χ3n) is 9.82. The molecule has 2 aliphatic rings. The molecule has 2 atom stereocenters. The van der Waals surface area contributed by atoms with Crippen molar-refractivity contribution >= 4 is 29.5 Å². The van der Waals surface area contributed by atoms with Gasteiger partial charge in [0.15, 0.2) is 23.8 Å². The molecule has 2 unspecified atom stereocenters. The summed E-state index contributed by atoms with van der Waals surface area (Å²) in [6, 6.07) is 0. The number of hydrogen-bond acceptors (Lipinski definition) is 7. The molecular weight excluding hydrogens is 705 g/mol. The van der Waals surface area contributed by atoms with Gasteiger partial charge in [-0.1, -0.05) is 142 Å². The minimum Gasteiger partial charge on any atom is -0.481 e. The van der Waals surface area contributed by atoms with E-state index in [1.165, 1.54) is 0 Å². The highest BCUT2D eigenvalue weighted by Crippen LogP contribution is 2.42. The molecule has 2 aliphatic carbocycles. The molecule has 0 amide bonds. The highest BCUT2D eigenvalue weighted by atomic mass is 16.6. The average molecular weight is 767 g/mol. The van der Waals surface area contributed by atoms with Crippen LogP contribution in [-0.4, -0.2) is 46.8 Å². The topological polar surface area (TPSA) is 124 Å². The Hall–Kier alpha value is -5.11. The summed E-state index contributed by atoms with van der Waals surface area (Å²) in [6.07, 6.45) is 27.6. The van der Waals surface area contributed by atoms with E-state index in [1.54, 1.807) is 6.92 Å². The van der Waals surface area contributed by atoms with Gasteiger partial charge >= 0.3 is 17.9 Å². The standard InChI is InChI=1S/C48H62O8/c1-12-17-43(51)55-40-30-47(8,9)38(36(6)45(40)53)26-24-34(4)22-15-20-32(2)18-13-14-19-33(3)21-16-23-35(5)25-27-39-37(7)46(54)41(31-48(39,10)11)56-44(52)29-28-42(49)50/h13-16,18-27,40-41H,12,17,28-31H2,1-11H3,(H,49,50)/b14-13+,20-15+,21-16+,26-24+,27-25+,32-18+,33-19+,34-22+,35-23+. The first-order valence-electron chi connectivity index (χ1n) is 19.4. The first-order valence-corrected chi connectivity index (χ1v) is 19.4. The van der Waals surface area contributed by atoms with Crippen molar-refractivity contribution in [3.63, 3.8) is 0 Å². The molecule has 0 bridgehead atoms. The van der Waals surface area contributed by atoms with E-state index in [1.807, 2.05) is 140 Å². The van der Waals surface area contributed by atoms with Gasteiger partial charge in [-0.2, -0.15) is 0 Å². The normalized spacial score (nSPS) is 21.5. The fraction of sp³-hybridized carbons (Fsp3) is 0.438. The van der Waals surface area contributed by atoms with Crippen LogP contribution in [-0.2, 0) is 33.4 Å². The monoisotopic (exact) mass is 766 g/mol. The van der Waals surface area contributed by atoms with Crippen LogP contribution < -0.4 is 0 Å². The summed E-state index contributed by atoms with van der Waals surface area (Å²) in [6.45, 7) is 21.7. The van der Waals surface area contributed by atoms with Crippen LogP contribution in [0.3, 0.4) is 0 Å². The molecule has 0 aromatic heterocycles. The Morgan fingerprint density at radius 3 is 1.34 bits per heavy atom. The summed E-state index contributed by atoms with van der Waals surface area (Å²) in [7, 11) is 0. The number of carbonyl (C=O) groups is 5. The van der Waals surface area contributed by atoms with Gasteiger partial charge < -0.3 is 14.6 Å². The summed E-state index contributed by atoms with van der Waals surface area (Å²) >= 11 is 0. The molecule has 0 aliphatic heterocycles.